The van der Waals surface area contributed by atoms with E-state index >= 15 is 0 Å². The van der Waals surface area contributed by atoms with Crippen LogP contribution in [0.4, 0.5) is 0 Å². The SMILES string of the molecule is CCC(C)NCc1nn2c(C(C)C)nnc2s1. The minimum atomic E-state index is 0.350. The highest BCUT2D eigenvalue weighted by atomic mass is 32.1. The van der Waals surface area contributed by atoms with Gasteiger partial charge in [-0.1, -0.05) is 32.1 Å². The van der Waals surface area contributed by atoms with Crippen LogP contribution in [0.15, 0.2) is 0 Å². The third kappa shape index (κ3) is 2.63. The molecule has 1 atom stereocenters. The Bertz CT molecular complexity index is 487. The van der Waals surface area contributed by atoms with Crippen molar-refractivity contribution in [3.8, 4) is 0 Å². The normalized spacial score (nSPS) is 13.7. The fourth-order valence-electron chi connectivity index (χ4n) is 1.51. The summed E-state index contributed by atoms with van der Waals surface area (Å²) >= 11 is 1.60. The average Bonchev–Trinajstić information content (AvgIpc) is 2.84. The highest BCUT2D eigenvalue weighted by Crippen LogP contribution is 2.18. The van der Waals surface area contributed by atoms with Crippen LogP contribution in [-0.2, 0) is 6.54 Å². The molecule has 0 aromatic carbocycles. The van der Waals surface area contributed by atoms with E-state index in [0.717, 1.165) is 28.8 Å². The van der Waals surface area contributed by atoms with E-state index in [0.29, 0.717) is 12.0 Å². The predicted molar refractivity (Wildman–Crippen MR) is 69.3 cm³/mol. The third-order valence-corrected chi connectivity index (χ3v) is 3.69. The van der Waals surface area contributed by atoms with Crippen LogP contribution >= 0.6 is 11.3 Å². The Labute approximate surface area is 105 Å². The Kier molecular flexibility index (Phi) is 3.73. The van der Waals surface area contributed by atoms with Gasteiger partial charge in [0.2, 0.25) is 4.96 Å². The quantitative estimate of drug-likeness (QED) is 0.887. The molecule has 1 unspecified atom stereocenters. The minimum absolute atomic E-state index is 0.350. The zero-order valence-electron chi connectivity index (χ0n) is 10.8. The van der Waals surface area contributed by atoms with Gasteiger partial charge in [0, 0.05) is 18.5 Å². The van der Waals surface area contributed by atoms with Crippen molar-refractivity contribution >= 4 is 16.3 Å². The van der Waals surface area contributed by atoms with Crippen LogP contribution < -0.4 is 5.32 Å². The van der Waals surface area contributed by atoms with Crippen molar-refractivity contribution in [1.82, 2.24) is 25.1 Å². The standard InChI is InChI=1S/C11H19N5S/c1-5-8(4)12-6-9-15-16-10(7(2)3)13-14-11(16)17-9/h7-8,12H,5-6H2,1-4H3. The predicted octanol–water partition coefficient (Wildman–Crippen LogP) is 2.20. The van der Waals surface area contributed by atoms with E-state index in [1.54, 1.807) is 11.3 Å². The molecule has 0 bridgehead atoms. The first-order chi connectivity index (χ1) is 8.11. The van der Waals surface area contributed by atoms with E-state index in [2.05, 4.69) is 48.3 Å². The zero-order chi connectivity index (χ0) is 12.4. The molecule has 0 aliphatic heterocycles. The van der Waals surface area contributed by atoms with Gasteiger partial charge in [0.1, 0.15) is 5.01 Å². The van der Waals surface area contributed by atoms with Crippen molar-refractivity contribution in [2.24, 2.45) is 0 Å². The van der Waals surface area contributed by atoms with Gasteiger partial charge in [0.05, 0.1) is 0 Å². The Hall–Kier alpha value is -1.01. The first kappa shape index (κ1) is 12.4. The average molecular weight is 253 g/mol. The second kappa shape index (κ2) is 5.10. The van der Waals surface area contributed by atoms with Crippen LogP contribution in [0, 0.1) is 0 Å². The number of aromatic nitrogens is 4. The van der Waals surface area contributed by atoms with Gasteiger partial charge >= 0.3 is 0 Å². The van der Waals surface area contributed by atoms with Crippen LogP contribution in [0.5, 0.6) is 0 Å². The van der Waals surface area contributed by atoms with Crippen LogP contribution in [0.2, 0.25) is 0 Å². The second-order valence-electron chi connectivity index (χ2n) is 4.59. The summed E-state index contributed by atoms with van der Waals surface area (Å²) in [5, 5.41) is 17.3. The lowest BCUT2D eigenvalue weighted by molar-refractivity contribution is 0.530. The van der Waals surface area contributed by atoms with Gasteiger partial charge in [-0.05, 0) is 13.3 Å². The molecule has 0 radical (unpaired) electrons. The van der Waals surface area contributed by atoms with Gasteiger partial charge in [0.25, 0.3) is 0 Å². The Morgan fingerprint density at radius 3 is 2.71 bits per heavy atom. The zero-order valence-corrected chi connectivity index (χ0v) is 11.6. The smallest absolute Gasteiger partial charge is 0.234 e. The molecule has 0 saturated heterocycles. The molecule has 2 aromatic rings. The fraction of sp³-hybridized carbons (Fsp3) is 0.727. The number of nitrogens with one attached hydrogen (secondary N) is 1. The first-order valence-electron chi connectivity index (χ1n) is 6.06. The molecule has 1 N–H and O–H groups in total. The van der Waals surface area contributed by atoms with Gasteiger partial charge in [-0.3, -0.25) is 0 Å². The third-order valence-electron chi connectivity index (χ3n) is 2.79. The van der Waals surface area contributed by atoms with Gasteiger partial charge in [-0.25, -0.2) is 0 Å². The van der Waals surface area contributed by atoms with E-state index in [4.69, 9.17) is 0 Å². The number of hydrogen-bond acceptors (Lipinski definition) is 5. The maximum atomic E-state index is 4.55. The fourth-order valence-corrected chi connectivity index (χ4v) is 2.30. The molecule has 6 heteroatoms. The summed E-state index contributed by atoms with van der Waals surface area (Å²) < 4.78 is 1.86. The lowest BCUT2D eigenvalue weighted by Gasteiger charge is -2.08. The molecule has 2 heterocycles. The Morgan fingerprint density at radius 1 is 1.29 bits per heavy atom. The number of nitrogens with zero attached hydrogens (tertiary/aromatic N) is 4. The molecule has 5 nitrogen and oxygen atoms in total. The largest absolute Gasteiger partial charge is 0.308 e. The molecule has 17 heavy (non-hydrogen) atoms. The van der Waals surface area contributed by atoms with Crippen LogP contribution in [-0.4, -0.2) is 25.9 Å². The van der Waals surface area contributed by atoms with Gasteiger partial charge in [-0.15, -0.1) is 10.2 Å². The van der Waals surface area contributed by atoms with Gasteiger partial charge in [0.15, 0.2) is 5.82 Å². The summed E-state index contributed by atoms with van der Waals surface area (Å²) in [6, 6.07) is 0.522. The van der Waals surface area contributed by atoms with Crippen molar-refractivity contribution in [3.63, 3.8) is 0 Å². The lowest BCUT2D eigenvalue weighted by atomic mass is 10.2. The maximum absolute atomic E-state index is 4.55. The topological polar surface area (TPSA) is 55.1 Å². The molecular formula is C11H19N5S. The van der Waals surface area contributed by atoms with E-state index in [9.17, 15) is 0 Å². The number of fused-ring (bicyclic) bond motifs is 1. The highest BCUT2D eigenvalue weighted by Gasteiger charge is 2.14. The van der Waals surface area contributed by atoms with Crippen molar-refractivity contribution in [3.05, 3.63) is 10.8 Å². The number of hydrogen-bond donors (Lipinski definition) is 1. The Morgan fingerprint density at radius 2 is 2.06 bits per heavy atom. The minimum Gasteiger partial charge on any atom is -0.308 e. The summed E-state index contributed by atoms with van der Waals surface area (Å²) in [6.45, 7) is 9.37. The number of rotatable bonds is 5. The van der Waals surface area contributed by atoms with Gasteiger partial charge < -0.3 is 5.32 Å². The molecule has 2 rings (SSSR count). The van der Waals surface area contributed by atoms with Crippen molar-refractivity contribution in [1.29, 1.82) is 0 Å². The van der Waals surface area contributed by atoms with Crippen molar-refractivity contribution < 1.29 is 0 Å². The first-order valence-corrected chi connectivity index (χ1v) is 6.87. The molecule has 0 aliphatic rings. The van der Waals surface area contributed by atoms with Crippen molar-refractivity contribution in [2.45, 2.75) is 52.6 Å². The highest BCUT2D eigenvalue weighted by molar-refractivity contribution is 7.16. The molecule has 94 valence electrons. The molecular weight excluding hydrogens is 234 g/mol. The van der Waals surface area contributed by atoms with Crippen LogP contribution in [0.1, 0.15) is 50.9 Å². The Balaban J connectivity index is 2.15. The van der Waals surface area contributed by atoms with Crippen LogP contribution in [0.3, 0.4) is 0 Å². The van der Waals surface area contributed by atoms with E-state index in [-0.39, 0.29) is 0 Å². The lowest BCUT2D eigenvalue weighted by Crippen LogP contribution is -2.24. The van der Waals surface area contributed by atoms with E-state index in [1.165, 1.54) is 0 Å². The molecule has 0 aliphatic carbocycles. The summed E-state index contributed by atoms with van der Waals surface area (Å²) in [6.07, 6.45) is 1.13. The van der Waals surface area contributed by atoms with Gasteiger partial charge in [-0.2, -0.15) is 9.61 Å². The van der Waals surface area contributed by atoms with E-state index < -0.39 is 0 Å². The maximum Gasteiger partial charge on any atom is 0.234 e. The molecule has 0 amide bonds. The summed E-state index contributed by atoms with van der Waals surface area (Å²) in [5.74, 6) is 1.29. The molecule has 0 fully saturated rings. The summed E-state index contributed by atoms with van der Waals surface area (Å²) in [5.41, 5.74) is 0. The summed E-state index contributed by atoms with van der Waals surface area (Å²) in [4.78, 5) is 0.884. The second-order valence-corrected chi connectivity index (χ2v) is 5.63. The summed E-state index contributed by atoms with van der Waals surface area (Å²) in [7, 11) is 0. The van der Waals surface area contributed by atoms with Crippen molar-refractivity contribution in [2.75, 3.05) is 0 Å². The molecule has 0 spiro atoms. The van der Waals surface area contributed by atoms with E-state index in [1.807, 2.05) is 4.52 Å². The molecule has 2 aromatic heterocycles. The monoisotopic (exact) mass is 253 g/mol. The van der Waals surface area contributed by atoms with Crippen LogP contribution in [0.25, 0.3) is 4.96 Å². The molecule has 0 saturated carbocycles.